The summed E-state index contributed by atoms with van der Waals surface area (Å²) in [6.45, 7) is 0. The summed E-state index contributed by atoms with van der Waals surface area (Å²) in [6, 6.07) is 1.91. The first-order valence-electron chi connectivity index (χ1n) is 3.40. The molecule has 2 heterocycles. The van der Waals surface area contributed by atoms with Crippen molar-refractivity contribution in [2.24, 2.45) is 0 Å². The van der Waals surface area contributed by atoms with Crippen LogP contribution in [0.25, 0.3) is 10.7 Å². The van der Waals surface area contributed by atoms with Crippen molar-refractivity contribution in [1.82, 2.24) is 15.2 Å². The zero-order chi connectivity index (χ0) is 8.39. The molecule has 0 amide bonds. The lowest BCUT2D eigenvalue weighted by atomic mass is 10.4. The molecule has 0 aromatic carbocycles. The van der Waals surface area contributed by atoms with Crippen LogP contribution >= 0.6 is 22.9 Å². The molecule has 2 aromatic rings. The number of aromatic amines is 1. The summed E-state index contributed by atoms with van der Waals surface area (Å²) in [5.74, 6) is 0.457. The van der Waals surface area contributed by atoms with Gasteiger partial charge in [-0.25, -0.2) is 4.98 Å². The number of halogens is 1. The van der Waals surface area contributed by atoms with Crippen molar-refractivity contribution in [3.8, 4) is 10.7 Å². The van der Waals surface area contributed by atoms with Gasteiger partial charge in [0.15, 0.2) is 0 Å². The van der Waals surface area contributed by atoms with Crippen LogP contribution in [0.2, 0.25) is 0 Å². The second-order valence-corrected chi connectivity index (χ2v) is 3.41. The lowest BCUT2D eigenvalue weighted by molar-refractivity contribution is 1.04. The Balaban J connectivity index is 2.35. The van der Waals surface area contributed by atoms with E-state index in [4.69, 9.17) is 11.6 Å². The lowest BCUT2D eigenvalue weighted by Crippen LogP contribution is -1.74. The molecule has 3 nitrogen and oxygen atoms in total. The summed E-state index contributed by atoms with van der Waals surface area (Å²) in [4.78, 5) is 4.13. The minimum absolute atomic E-state index is 0.457. The molecule has 0 atom stereocenters. The first-order chi connectivity index (χ1) is 5.90. The summed E-state index contributed by atoms with van der Waals surface area (Å²) in [5.41, 5.74) is 1.78. The molecule has 0 bridgehead atoms. The largest absolute Gasteiger partial charge is 0.281 e. The van der Waals surface area contributed by atoms with E-state index in [9.17, 15) is 0 Å². The van der Waals surface area contributed by atoms with Gasteiger partial charge < -0.3 is 0 Å². The number of aromatic nitrogens is 3. The van der Waals surface area contributed by atoms with E-state index in [-0.39, 0.29) is 0 Å². The first-order valence-corrected chi connectivity index (χ1v) is 4.81. The van der Waals surface area contributed by atoms with Gasteiger partial charge in [0.25, 0.3) is 0 Å². The molecule has 0 saturated carbocycles. The van der Waals surface area contributed by atoms with Crippen molar-refractivity contribution in [2.75, 3.05) is 0 Å². The van der Waals surface area contributed by atoms with Gasteiger partial charge in [-0.2, -0.15) is 5.10 Å². The normalized spacial score (nSPS) is 10.4. The van der Waals surface area contributed by atoms with Crippen molar-refractivity contribution in [3.05, 3.63) is 23.3 Å². The Morgan fingerprint density at radius 3 is 3.08 bits per heavy atom. The fourth-order valence-electron chi connectivity index (χ4n) is 0.890. The molecule has 0 aliphatic rings. The van der Waals surface area contributed by atoms with Gasteiger partial charge in [0.2, 0.25) is 0 Å². The third-order valence-electron chi connectivity index (χ3n) is 1.43. The number of H-pyrrole nitrogens is 1. The van der Waals surface area contributed by atoms with Crippen LogP contribution in [0, 0.1) is 0 Å². The third-order valence-corrected chi connectivity index (χ3v) is 2.51. The maximum absolute atomic E-state index is 5.61. The molecule has 1 N–H and O–H groups in total. The van der Waals surface area contributed by atoms with Crippen molar-refractivity contribution in [2.45, 2.75) is 5.88 Å². The molecule has 0 aliphatic heterocycles. The summed E-state index contributed by atoms with van der Waals surface area (Å²) in [7, 11) is 0. The number of alkyl halides is 1. The summed E-state index contributed by atoms with van der Waals surface area (Å²) >= 11 is 7.18. The molecule has 62 valence electrons. The number of hydrogen-bond acceptors (Lipinski definition) is 3. The average molecular weight is 200 g/mol. The molecule has 2 rings (SSSR count). The lowest BCUT2D eigenvalue weighted by Gasteiger charge is -1.82. The molecule has 2 aromatic heterocycles. The fourth-order valence-corrected chi connectivity index (χ4v) is 1.62. The van der Waals surface area contributed by atoms with Crippen LogP contribution in [0.15, 0.2) is 17.6 Å². The quantitative estimate of drug-likeness (QED) is 0.754. The molecular weight excluding hydrogens is 194 g/mol. The Kier molecular flexibility index (Phi) is 2.10. The third kappa shape index (κ3) is 1.35. The van der Waals surface area contributed by atoms with E-state index >= 15 is 0 Å². The molecule has 0 unspecified atom stereocenters. The van der Waals surface area contributed by atoms with Gasteiger partial charge in [0.05, 0.1) is 11.6 Å². The second kappa shape index (κ2) is 3.25. The van der Waals surface area contributed by atoms with Crippen LogP contribution in [0.5, 0.6) is 0 Å². The predicted octanol–water partition coefficient (Wildman–Crippen LogP) is 2.27. The monoisotopic (exact) mass is 199 g/mol. The van der Waals surface area contributed by atoms with Crippen LogP contribution in [-0.4, -0.2) is 15.2 Å². The van der Waals surface area contributed by atoms with Crippen LogP contribution in [0.4, 0.5) is 0 Å². The van der Waals surface area contributed by atoms with Crippen molar-refractivity contribution in [1.29, 1.82) is 0 Å². The topological polar surface area (TPSA) is 41.6 Å². The standard InChI is InChI=1S/C7H6ClN3S/c8-4-5-3-6(11-10-5)7-9-1-2-12-7/h1-3H,4H2,(H,10,11). The number of nitrogens with one attached hydrogen (secondary N) is 1. The van der Waals surface area contributed by atoms with Crippen molar-refractivity contribution in [3.63, 3.8) is 0 Å². The predicted molar refractivity (Wildman–Crippen MR) is 49.3 cm³/mol. The van der Waals surface area contributed by atoms with Crippen molar-refractivity contribution < 1.29 is 0 Å². The highest BCUT2D eigenvalue weighted by atomic mass is 35.5. The van der Waals surface area contributed by atoms with Crippen LogP contribution < -0.4 is 0 Å². The average Bonchev–Trinajstić information content (AvgIpc) is 2.75. The first kappa shape index (κ1) is 7.76. The van der Waals surface area contributed by atoms with E-state index in [2.05, 4.69) is 15.2 Å². The van der Waals surface area contributed by atoms with Gasteiger partial charge >= 0.3 is 0 Å². The fraction of sp³-hybridized carbons (Fsp3) is 0.143. The molecule has 0 fully saturated rings. The molecule has 0 spiro atoms. The Morgan fingerprint density at radius 1 is 1.58 bits per heavy atom. The number of nitrogens with zero attached hydrogens (tertiary/aromatic N) is 2. The van der Waals surface area contributed by atoms with Crippen LogP contribution in [0.1, 0.15) is 5.69 Å². The molecule has 0 saturated heterocycles. The minimum Gasteiger partial charge on any atom is -0.281 e. The van der Waals surface area contributed by atoms with E-state index in [1.807, 2.05) is 11.4 Å². The smallest absolute Gasteiger partial charge is 0.143 e. The number of thiazole rings is 1. The van der Waals surface area contributed by atoms with Gasteiger partial charge in [-0.3, -0.25) is 5.10 Å². The molecule has 5 heteroatoms. The molecule has 0 radical (unpaired) electrons. The Bertz CT molecular complexity index is 354. The maximum atomic E-state index is 5.61. The van der Waals surface area contributed by atoms with Crippen LogP contribution in [-0.2, 0) is 5.88 Å². The van der Waals surface area contributed by atoms with E-state index in [1.165, 1.54) is 0 Å². The summed E-state index contributed by atoms with van der Waals surface area (Å²) < 4.78 is 0. The number of hydrogen-bond donors (Lipinski definition) is 1. The van der Waals surface area contributed by atoms with E-state index < -0.39 is 0 Å². The zero-order valence-electron chi connectivity index (χ0n) is 6.12. The Labute approximate surface area is 78.4 Å². The SMILES string of the molecule is ClCc1cc(-c2nccs2)n[nH]1. The van der Waals surface area contributed by atoms with Crippen LogP contribution in [0.3, 0.4) is 0 Å². The van der Waals surface area contributed by atoms with Gasteiger partial charge in [-0.05, 0) is 6.07 Å². The molecule has 12 heavy (non-hydrogen) atoms. The second-order valence-electron chi connectivity index (χ2n) is 2.25. The highest BCUT2D eigenvalue weighted by molar-refractivity contribution is 7.13. The van der Waals surface area contributed by atoms with E-state index in [0.717, 1.165) is 16.4 Å². The van der Waals surface area contributed by atoms with E-state index in [0.29, 0.717) is 5.88 Å². The van der Waals surface area contributed by atoms with Gasteiger partial charge in [-0.1, -0.05) is 0 Å². The van der Waals surface area contributed by atoms with Crippen molar-refractivity contribution >= 4 is 22.9 Å². The van der Waals surface area contributed by atoms with E-state index in [1.54, 1.807) is 17.5 Å². The van der Waals surface area contributed by atoms with Gasteiger partial charge in [-0.15, -0.1) is 22.9 Å². The minimum atomic E-state index is 0.457. The highest BCUT2D eigenvalue weighted by Gasteiger charge is 2.04. The Morgan fingerprint density at radius 2 is 2.50 bits per heavy atom. The maximum Gasteiger partial charge on any atom is 0.143 e. The molecule has 0 aliphatic carbocycles. The number of rotatable bonds is 2. The Hall–Kier alpha value is -0.870. The van der Waals surface area contributed by atoms with Gasteiger partial charge in [0.1, 0.15) is 10.7 Å². The van der Waals surface area contributed by atoms with Gasteiger partial charge in [0, 0.05) is 11.6 Å². The zero-order valence-corrected chi connectivity index (χ0v) is 7.69. The highest BCUT2D eigenvalue weighted by Crippen LogP contribution is 2.19. The summed E-state index contributed by atoms with van der Waals surface area (Å²) in [6.07, 6.45) is 1.76. The molecular formula is C7H6ClN3S. The summed E-state index contributed by atoms with van der Waals surface area (Å²) in [5, 5.41) is 9.74.